The molecule has 0 saturated heterocycles. The van der Waals surface area contributed by atoms with Gasteiger partial charge in [-0.15, -0.1) is 0 Å². The van der Waals surface area contributed by atoms with Crippen molar-refractivity contribution in [1.29, 1.82) is 0 Å². The Hall–Kier alpha value is -4.24. The van der Waals surface area contributed by atoms with Crippen molar-refractivity contribution in [2.75, 3.05) is 0 Å². The molecule has 2 aliphatic rings. The SMILES string of the molecule is S=P12c3ccccc3Oc3cc(-c4ccc(-c5cccc6cccnc56)cc4)cc(c31)Oc1ccccc12. The van der Waals surface area contributed by atoms with Crippen LogP contribution in [0.15, 0.2) is 121 Å². The van der Waals surface area contributed by atoms with Crippen LogP contribution >= 0.6 is 6.04 Å². The smallest absolute Gasteiger partial charge is 0.140 e. The average molecular weight is 526 g/mol. The molecule has 6 aromatic rings. The molecule has 0 unspecified atom stereocenters. The molecule has 0 atom stereocenters. The zero-order valence-electron chi connectivity index (χ0n) is 20.2. The summed E-state index contributed by atoms with van der Waals surface area (Å²) in [6, 6.07) is 37.2. The second kappa shape index (κ2) is 8.13. The third-order valence-corrected chi connectivity index (χ3v) is 12.3. The normalized spacial score (nSPS) is 14.0. The molecule has 0 bridgehead atoms. The van der Waals surface area contributed by atoms with E-state index in [9.17, 15) is 0 Å². The standard InChI is InChI=1S/C33H20NO2PS/c38-37-30-12-3-1-10-26(30)35-28-19-24(20-29(33(28)37)36-27-11-2-4-13-31(27)37)21-14-16-22(17-15-21)25-9-5-7-23-8-6-18-34-32(23)25/h1-20H. The minimum absolute atomic E-state index is 0.788. The Morgan fingerprint density at radius 2 is 1.16 bits per heavy atom. The average Bonchev–Trinajstić information content (AvgIpc) is 2.97. The van der Waals surface area contributed by atoms with E-state index < -0.39 is 6.04 Å². The van der Waals surface area contributed by atoms with Gasteiger partial charge in [0.2, 0.25) is 0 Å². The third-order valence-electron chi connectivity index (χ3n) is 7.37. The third kappa shape index (κ3) is 3.08. The van der Waals surface area contributed by atoms with Crippen LogP contribution < -0.4 is 25.4 Å². The van der Waals surface area contributed by atoms with Crippen LogP contribution in [-0.2, 0) is 11.8 Å². The van der Waals surface area contributed by atoms with Gasteiger partial charge in [0.25, 0.3) is 0 Å². The summed E-state index contributed by atoms with van der Waals surface area (Å²) in [6.45, 7) is 0. The maximum absolute atomic E-state index is 6.57. The van der Waals surface area contributed by atoms with Crippen LogP contribution in [0.3, 0.4) is 0 Å². The first-order valence-electron chi connectivity index (χ1n) is 12.5. The van der Waals surface area contributed by atoms with Crippen molar-refractivity contribution in [3.05, 3.63) is 121 Å². The first-order valence-corrected chi connectivity index (χ1v) is 15.3. The summed E-state index contributed by atoms with van der Waals surface area (Å²) in [7, 11) is 0. The predicted octanol–water partition coefficient (Wildman–Crippen LogP) is 7.54. The molecule has 5 aromatic carbocycles. The summed E-state index contributed by atoms with van der Waals surface area (Å²) < 4.78 is 13.0. The molecule has 3 nitrogen and oxygen atoms in total. The van der Waals surface area contributed by atoms with E-state index >= 15 is 0 Å². The van der Waals surface area contributed by atoms with Gasteiger partial charge in [-0.05, 0) is 59.2 Å². The Balaban J connectivity index is 1.28. The largest absolute Gasteiger partial charge is 0.456 e. The Morgan fingerprint density at radius 3 is 1.84 bits per heavy atom. The van der Waals surface area contributed by atoms with E-state index in [1.807, 2.05) is 48.7 Å². The minimum Gasteiger partial charge on any atom is -0.456 e. The molecule has 0 saturated carbocycles. The fourth-order valence-corrected chi connectivity index (χ4v) is 10.1. The van der Waals surface area contributed by atoms with E-state index in [0.717, 1.165) is 72.1 Å². The number of pyridine rings is 1. The quantitative estimate of drug-likeness (QED) is 0.218. The summed E-state index contributed by atoms with van der Waals surface area (Å²) in [6.07, 6.45) is 1.84. The molecule has 38 heavy (non-hydrogen) atoms. The molecule has 0 amide bonds. The Morgan fingerprint density at radius 1 is 0.553 bits per heavy atom. The van der Waals surface area contributed by atoms with Gasteiger partial charge in [0, 0.05) is 27.8 Å². The van der Waals surface area contributed by atoms with Crippen LogP contribution in [0.2, 0.25) is 0 Å². The second-order valence-corrected chi connectivity index (χ2v) is 13.8. The van der Waals surface area contributed by atoms with Crippen molar-refractivity contribution >= 4 is 44.7 Å². The number of para-hydroxylation sites is 3. The van der Waals surface area contributed by atoms with Crippen molar-refractivity contribution < 1.29 is 9.47 Å². The number of benzene rings is 5. The van der Waals surface area contributed by atoms with Gasteiger partial charge in [-0.3, -0.25) is 4.98 Å². The lowest BCUT2D eigenvalue weighted by Gasteiger charge is -2.37. The fourth-order valence-electron chi connectivity index (χ4n) is 5.61. The van der Waals surface area contributed by atoms with E-state index in [2.05, 4.69) is 77.8 Å². The topological polar surface area (TPSA) is 31.4 Å². The van der Waals surface area contributed by atoms with Gasteiger partial charge in [-0.25, -0.2) is 0 Å². The maximum atomic E-state index is 6.57. The minimum atomic E-state index is -2.32. The van der Waals surface area contributed by atoms with Crippen molar-refractivity contribution in [2.24, 2.45) is 0 Å². The molecule has 1 aromatic heterocycles. The highest BCUT2D eigenvalue weighted by atomic mass is 32.4. The Labute approximate surface area is 225 Å². The molecule has 180 valence electrons. The van der Waals surface area contributed by atoms with Crippen molar-refractivity contribution in [3.63, 3.8) is 0 Å². The van der Waals surface area contributed by atoms with Crippen LogP contribution in [0.4, 0.5) is 0 Å². The summed E-state index contributed by atoms with van der Waals surface area (Å²) in [5.74, 6) is 3.25. The molecule has 0 N–H and O–H groups in total. The van der Waals surface area contributed by atoms with Crippen molar-refractivity contribution in [3.8, 4) is 45.3 Å². The molecule has 0 fully saturated rings. The number of fused-ring (bicyclic) bond motifs is 5. The highest BCUT2D eigenvalue weighted by molar-refractivity contribution is 8.26. The van der Waals surface area contributed by atoms with Gasteiger partial charge >= 0.3 is 0 Å². The Kier molecular flexibility index (Phi) is 4.66. The van der Waals surface area contributed by atoms with Gasteiger partial charge < -0.3 is 9.47 Å². The van der Waals surface area contributed by atoms with Gasteiger partial charge in [0.05, 0.1) is 16.9 Å². The first-order chi connectivity index (χ1) is 18.7. The van der Waals surface area contributed by atoms with Crippen LogP contribution in [0.1, 0.15) is 0 Å². The van der Waals surface area contributed by atoms with Gasteiger partial charge in [0.1, 0.15) is 23.0 Å². The number of rotatable bonds is 2. The van der Waals surface area contributed by atoms with Crippen molar-refractivity contribution in [2.45, 2.75) is 0 Å². The molecule has 3 heterocycles. The molecule has 0 aliphatic carbocycles. The molecular formula is C33H20NO2PS. The highest BCUT2D eigenvalue weighted by Crippen LogP contribution is 2.59. The molecule has 8 rings (SSSR count). The van der Waals surface area contributed by atoms with Gasteiger partial charge in [-0.1, -0.05) is 84.6 Å². The van der Waals surface area contributed by atoms with Gasteiger partial charge in [0.15, 0.2) is 0 Å². The Bertz CT molecular complexity index is 1890. The molecule has 0 spiro atoms. The van der Waals surface area contributed by atoms with Crippen molar-refractivity contribution in [1.82, 2.24) is 4.98 Å². The molecular weight excluding hydrogens is 505 g/mol. The van der Waals surface area contributed by atoms with E-state index in [0.29, 0.717) is 0 Å². The lowest BCUT2D eigenvalue weighted by molar-refractivity contribution is 0.467. The van der Waals surface area contributed by atoms with Crippen LogP contribution in [0.5, 0.6) is 23.0 Å². The van der Waals surface area contributed by atoms with E-state index in [4.69, 9.17) is 21.3 Å². The van der Waals surface area contributed by atoms with Gasteiger partial charge in [-0.2, -0.15) is 0 Å². The van der Waals surface area contributed by atoms with Crippen LogP contribution in [-0.4, -0.2) is 4.98 Å². The van der Waals surface area contributed by atoms with Crippen LogP contribution in [0, 0.1) is 0 Å². The van der Waals surface area contributed by atoms with Crippen LogP contribution in [0.25, 0.3) is 33.2 Å². The number of hydrogen-bond donors (Lipinski definition) is 0. The van der Waals surface area contributed by atoms with E-state index in [1.54, 1.807) is 0 Å². The monoisotopic (exact) mass is 525 g/mol. The summed E-state index contributed by atoms with van der Waals surface area (Å²) in [5, 5.41) is 4.31. The highest BCUT2D eigenvalue weighted by Gasteiger charge is 2.42. The number of hydrogen-bond acceptors (Lipinski definition) is 4. The lowest BCUT2D eigenvalue weighted by atomic mass is 9.98. The van der Waals surface area contributed by atoms with E-state index in [-0.39, 0.29) is 0 Å². The first kappa shape index (κ1) is 21.8. The maximum Gasteiger partial charge on any atom is 0.140 e. The number of nitrogens with zero attached hydrogens (tertiary/aromatic N) is 1. The summed E-state index contributed by atoms with van der Waals surface area (Å²) in [4.78, 5) is 4.63. The van der Waals surface area contributed by atoms with E-state index in [1.165, 1.54) is 0 Å². The molecule has 2 aliphatic heterocycles. The number of ether oxygens (including phenoxy) is 2. The number of aromatic nitrogens is 1. The lowest BCUT2D eigenvalue weighted by Crippen LogP contribution is -2.34. The predicted molar refractivity (Wildman–Crippen MR) is 159 cm³/mol. The zero-order valence-corrected chi connectivity index (χ0v) is 21.9. The second-order valence-electron chi connectivity index (χ2n) is 9.53. The molecule has 5 heteroatoms. The summed E-state index contributed by atoms with van der Waals surface area (Å²) in [5.41, 5.74) is 5.37. The zero-order chi connectivity index (χ0) is 25.3. The fraction of sp³-hybridized carbons (Fsp3) is 0. The summed E-state index contributed by atoms with van der Waals surface area (Å²) >= 11 is 6.57. The molecule has 0 radical (unpaired) electrons.